The Morgan fingerprint density at radius 1 is 1.39 bits per heavy atom. The smallest absolute Gasteiger partial charge is 0.408 e. The highest BCUT2D eigenvalue weighted by Gasteiger charge is 2.47. The van der Waals surface area contributed by atoms with Gasteiger partial charge >= 0.3 is 12.1 Å². The van der Waals surface area contributed by atoms with E-state index < -0.39 is 29.3 Å². The maximum atomic E-state index is 11.9. The molecule has 0 spiro atoms. The molecular weight excluding hydrogens is 304 g/mol. The van der Waals surface area contributed by atoms with Crippen molar-refractivity contribution in [3.8, 4) is 0 Å². The van der Waals surface area contributed by atoms with Gasteiger partial charge in [-0.15, -0.1) is 0 Å². The molecule has 23 heavy (non-hydrogen) atoms. The Balaban J connectivity index is 2.63. The van der Waals surface area contributed by atoms with Gasteiger partial charge in [0, 0.05) is 26.2 Å². The Morgan fingerprint density at radius 2 is 2.04 bits per heavy atom. The zero-order chi connectivity index (χ0) is 17.7. The lowest BCUT2D eigenvalue weighted by molar-refractivity contribution is -0.144. The maximum absolute atomic E-state index is 11.9. The molecule has 2 atom stereocenters. The van der Waals surface area contributed by atoms with Gasteiger partial charge in [-0.25, -0.2) is 9.59 Å². The molecule has 1 aliphatic heterocycles. The summed E-state index contributed by atoms with van der Waals surface area (Å²) in [5.74, 6) is -1.11. The first kappa shape index (κ1) is 19.7. The second kappa shape index (κ2) is 7.94. The molecule has 134 valence electrons. The van der Waals surface area contributed by atoms with Crippen LogP contribution in [0.1, 0.15) is 34.1 Å². The number of nitrogens with one attached hydrogen (secondary N) is 1. The van der Waals surface area contributed by atoms with Gasteiger partial charge in [-0.2, -0.15) is 0 Å². The van der Waals surface area contributed by atoms with Crippen LogP contribution in [-0.2, 0) is 14.3 Å². The number of β-amino-alcohol motifs (C(OH)–C–C–N with tert-alkyl or cyclic N) is 1. The van der Waals surface area contributed by atoms with Crippen molar-refractivity contribution in [2.75, 3.05) is 32.8 Å². The number of aliphatic hydroxyl groups excluding tert-OH is 1. The van der Waals surface area contributed by atoms with Crippen molar-refractivity contribution in [2.45, 2.75) is 51.4 Å². The third-order valence-electron chi connectivity index (χ3n) is 3.48. The van der Waals surface area contributed by atoms with E-state index in [1.165, 1.54) is 0 Å². The largest absolute Gasteiger partial charge is 0.479 e. The normalized spacial score (nSPS) is 23.5. The molecule has 0 aromatic heterocycles. The van der Waals surface area contributed by atoms with Crippen molar-refractivity contribution in [2.24, 2.45) is 0 Å². The minimum atomic E-state index is -1.40. The van der Waals surface area contributed by atoms with Crippen LogP contribution in [0, 0.1) is 0 Å². The van der Waals surface area contributed by atoms with Crippen LogP contribution in [0.5, 0.6) is 0 Å². The molecule has 0 radical (unpaired) electrons. The average molecular weight is 332 g/mol. The lowest BCUT2D eigenvalue weighted by Gasteiger charge is -2.28. The summed E-state index contributed by atoms with van der Waals surface area (Å²) in [7, 11) is 0. The number of aliphatic hydroxyl groups is 1. The molecule has 8 nitrogen and oxygen atoms in total. The number of alkyl carbamates (subject to hydrolysis) is 1. The lowest BCUT2D eigenvalue weighted by Crippen LogP contribution is -2.57. The lowest BCUT2D eigenvalue weighted by atomic mass is 9.99. The number of rotatable bonds is 7. The summed E-state index contributed by atoms with van der Waals surface area (Å²) in [6.45, 7) is 8.56. The zero-order valence-electron chi connectivity index (χ0n) is 14.3. The molecule has 0 aromatic carbocycles. The number of aliphatic carboxylic acids is 1. The van der Waals surface area contributed by atoms with Crippen LogP contribution in [-0.4, -0.2) is 77.3 Å². The Bertz CT molecular complexity index is 423. The van der Waals surface area contributed by atoms with E-state index in [-0.39, 0.29) is 19.6 Å². The fourth-order valence-electron chi connectivity index (χ4n) is 2.48. The number of likely N-dealkylation sites (tertiary alicyclic amines) is 1. The van der Waals surface area contributed by atoms with Crippen molar-refractivity contribution >= 4 is 12.1 Å². The second-order valence-electron chi connectivity index (χ2n) is 6.81. The third-order valence-corrected chi connectivity index (χ3v) is 3.48. The summed E-state index contributed by atoms with van der Waals surface area (Å²) >= 11 is 0. The molecule has 1 fully saturated rings. The van der Waals surface area contributed by atoms with Crippen molar-refractivity contribution in [3.63, 3.8) is 0 Å². The number of carboxylic acid groups (broad SMARTS) is 1. The van der Waals surface area contributed by atoms with Gasteiger partial charge in [0.05, 0.1) is 12.7 Å². The maximum Gasteiger partial charge on any atom is 0.408 e. The predicted octanol–water partition coefficient (Wildman–Crippen LogP) is 0.438. The Morgan fingerprint density at radius 3 is 2.57 bits per heavy atom. The quantitative estimate of drug-likeness (QED) is 0.620. The number of amides is 1. The summed E-state index contributed by atoms with van der Waals surface area (Å²) in [6, 6.07) is 0. The Labute approximate surface area is 136 Å². The molecule has 3 N–H and O–H groups in total. The van der Waals surface area contributed by atoms with E-state index in [0.717, 1.165) is 0 Å². The molecule has 1 saturated heterocycles. The van der Waals surface area contributed by atoms with Crippen molar-refractivity contribution < 1.29 is 29.3 Å². The number of hydrogen-bond acceptors (Lipinski definition) is 6. The molecule has 1 amide bonds. The highest BCUT2D eigenvalue weighted by atomic mass is 16.6. The molecule has 1 aliphatic rings. The van der Waals surface area contributed by atoms with E-state index >= 15 is 0 Å². The number of carbonyl (C=O) groups excluding carboxylic acids is 1. The fraction of sp³-hybridized carbons (Fsp3) is 0.867. The summed E-state index contributed by atoms with van der Waals surface area (Å²) in [4.78, 5) is 25.4. The van der Waals surface area contributed by atoms with Crippen molar-refractivity contribution in [3.05, 3.63) is 0 Å². The average Bonchev–Trinajstić information content (AvgIpc) is 2.78. The SMILES string of the molecule is CCOCC(O)CN1CCC(NC(=O)OC(C)(C)C)(C(=O)O)C1. The van der Waals surface area contributed by atoms with Crippen LogP contribution in [0.25, 0.3) is 0 Å². The first-order valence-corrected chi connectivity index (χ1v) is 7.81. The number of hydrogen-bond donors (Lipinski definition) is 3. The van der Waals surface area contributed by atoms with Crippen LogP contribution >= 0.6 is 0 Å². The molecule has 8 heteroatoms. The summed E-state index contributed by atoms with van der Waals surface area (Å²) in [5, 5.41) is 21.9. The van der Waals surface area contributed by atoms with Gasteiger partial charge in [0.15, 0.2) is 5.54 Å². The molecule has 0 saturated carbocycles. The van der Waals surface area contributed by atoms with Crippen LogP contribution in [0.15, 0.2) is 0 Å². The molecule has 2 unspecified atom stereocenters. The van der Waals surface area contributed by atoms with E-state index in [1.807, 2.05) is 6.92 Å². The molecule has 1 rings (SSSR count). The van der Waals surface area contributed by atoms with Crippen molar-refractivity contribution in [1.82, 2.24) is 10.2 Å². The molecule has 0 aliphatic carbocycles. The summed E-state index contributed by atoms with van der Waals surface area (Å²) < 4.78 is 10.3. The monoisotopic (exact) mass is 332 g/mol. The van der Waals surface area contributed by atoms with E-state index in [9.17, 15) is 19.8 Å². The molecule has 1 heterocycles. The van der Waals surface area contributed by atoms with Crippen LogP contribution in [0.2, 0.25) is 0 Å². The summed E-state index contributed by atoms with van der Waals surface area (Å²) in [6.07, 6.45) is -1.19. The third kappa shape index (κ3) is 6.32. The van der Waals surface area contributed by atoms with Gasteiger partial charge in [0.2, 0.25) is 0 Å². The number of ether oxygens (including phenoxy) is 2. The number of carboxylic acids is 1. The first-order valence-electron chi connectivity index (χ1n) is 7.81. The Hall–Kier alpha value is -1.38. The first-order chi connectivity index (χ1) is 10.6. The van der Waals surface area contributed by atoms with Gasteiger partial charge in [-0.3, -0.25) is 4.90 Å². The van der Waals surface area contributed by atoms with Gasteiger partial charge in [-0.1, -0.05) is 0 Å². The van der Waals surface area contributed by atoms with Crippen molar-refractivity contribution in [1.29, 1.82) is 0 Å². The highest BCUT2D eigenvalue weighted by molar-refractivity contribution is 5.85. The topological polar surface area (TPSA) is 108 Å². The standard InChI is InChI=1S/C15H28N2O6/c1-5-22-9-11(18)8-17-7-6-15(10-17,12(19)20)16-13(21)23-14(2,3)4/h11,18H,5-10H2,1-4H3,(H,16,21)(H,19,20). The van der Waals surface area contributed by atoms with Gasteiger partial charge in [0.25, 0.3) is 0 Å². The van der Waals surface area contributed by atoms with Gasteiger partial charge < -0.3 is 25.0 Å². The van der Waals surface area contributed by atoms with Crippen LogP contribution in [0.3, 0.4) is 0 Å². The van der Waals surface area contributed by atoms with Gasteiger partial charge in [-0.05, 0) is 34.1 Å². The minimum Gasteiger partial charge on any atom is -0.479 e. The minimum absolute atomic E-state index is 0.116. The van der Waals surface area contributed by atoms with Crippen LogP contribution in [0.4, 0.5) is 4.79 Å². The van der Waals surface area contributed by atoms with E-state index in [0.29, 0.717) is 19.7 Å². The van der Waals surface area contributed by atoms with E-state index in [2.05, 4.69) is 5.32 Å². The number of nitrogens with zero attached hydrogens (tertiary/aromatic N) is 1. The zero-order valence-corrected chi connectivity index (χ0v) is 14.3. The Kier molecular flexibility index (Phi) is 6.79. The summed E-state index contributed by atoms with van der Waals surface area (Å²) in [5.41, 5.74) is -2.09. The predicted molar refractivity (Wildman–Crippen MR) is 83.3 cm³/mol. The second-order valence-corrected chi connectivity index (χ2v) is 6.81. The highest BCUT2D eigenvalue weighted by Crippen LogP contribution is 2.23. The fourth-order valence-corrected chi connectivity index (χ4v) is 2.48. The van der Waals surface area contributed by atoms with E-state index in [1.54, 1.807) is 25.7 Å². The van der Waals surface area contributed by atoms with Gasteiger partial charge in [0.1, 0.15) is 5.60 Å². The molecule has 0 aromatic rings. The van der Waals surface area contributed by atoms with Crippen LogP contribution < -0.4 is 5.32 Å². The molecular formula is C15H28N2O6. The van der Waals surface area contributed by atoms with E-state index in [4.69, 9.17) is 9.47 Å². The molecule has 0 bridgehead atoms. The number of carbonyl (C=O) groups is 2.